The minimum absolute atomic E-state index is 0.309. The second-order valence-corrected chi connectivity index (χ2v) is 4.04. The standard InChI is InChI=1S/C10H15NO2S/c1-13-4-5-14-7-8-6-9(11)2-3-10(8)12/h2-3,6,12H,4-5,7,11H2,1H3. The molecule has 3 N–H and O–H groups in total. The van der Waals surface area contributed by atoms with Crippen molar-refractivity contribution in [3.63, 3.8) is 0 Å². The van der Waals surface area contributed by atoms with E-state index < -0.39 is 0 Å². The van der Waals surface area contributed by atoms with Crippen LogP contribution < -0.4 is 5.73 Å². The molecule has 1 rings (SSSR count). The number of ether oxygens (including phenoxy) is 1. The smallest absolute Gasteiger partial charge is 0.119 e. The zero-order valence-corrected chi connectivity index (χ0v) is 9.01. The van der Waals surface area contributed by atoms with Crippen molar-refractivity contribution < 1.29 is 9.84 Å². The maximum atomic E-state index is 9.49. The quantitative estimate of drug-likeness (QED) is 0.445. The Hall–Kier alpha value is -0.870. The van der Waals surface area contributed by atoms with Crippen LogP contribution in [0.3, 0.4) is 0 Å². The zero-order chi connectivity index (χ0) is 10.4. The molecule has 0 bridgehead atoms. The average molecular weight is 213 g/mol. The van der Waals surface area contributed by atoms with Crippen molar-refractivity contribution in [1.82, 2.24) is 0 Å². The van der Waals surface area contributed by atoms with Gasteiger partial charge in [-0.3, -0.25) is 0 Å². The molecule has 0 heterocycles. The Balaban J connectivity index is 2.45. The molecule has 0 atom stereocenters. The van der Waals surface area contributed by atoms with Gasteiger partial charge in [-0.15, -0.1) is 0 Å². The van der Waals surface area contributed by atoms with E-state index in [1.807, 2.05) is 0 Å². The molecule has 0 fully saturated rings. The lowest BCUT2D eigenvalue weighted by atomic mass is 10.2. The summed E-state index contributed by atoms with van der Waals surface area (Å²) in [5, 5.41) is 9.49. The van der Waals surface area contributed by atoms with Crippen molar-refractivity contribution in [2.45, 2.75) is 5.75 Å². The summed E-state index contributed by atoms with van der Waals surface area (Å²) in [7, 11) is 1.68. The van der Waals surface area contributed by atoms with Crippen molar-refractivity contribution in [3.8, 4) is 5.75 Å². The first-order chi connectivity index (χ1) is 6.74. The molecule has 1 aromatic rings. The van der Waals surface area contributed by atoms with Crippen LogP contribution in [0.5, 0.6) is 5.75 Å². The van der Waals surface area contributed by atoms with Crippen LogP contribution in [0.4, 0.5) is 5.69 Å². The van der Waals surface area contributed by atoms with Crippen LogP contribution in [0.25, 0.3) is 0 Å². The molecule has 0 unspecified atom stereocenters. The van der Waals surface area contributed by atoms with E-state index in [1.54, 1.807) is 37.1 Å². The van der Waals surface area contributed by atoms with Crippen molar-refractivity contribution >= 4 is 17.4 Å². The van der Waals surface area contributed by atoms with Crippen molar-refractivity contribution in [3.05, 3.63) is 23.8 Å². The van der Waals surface area contributed by atoms with Gasteiger partial charge >= 0.3 is 0 Å². The molecule has 0 aliphatic rings. The van der Waals surface area contributed by atoms with Gasteiger partial charge in [0, 0.05) is 29.9 Å². The van der Waals surface area contributed by atoms with Gasteiger partial charge < -0.3 is 15.6 Å². The fourth-order valence-corrected chi connectivity index (χ4v) is 1.93. The molecule has 0 aliphatic heterocycles. The Labute approximate surface area is 88.3 Å². The van der Waals surface area contributed by atoms with Gasteiger partial charge in [-0.1, -0.05) is 0 Å². The average Bonchev–Trinajstić information content (AvgIpc) is 2.18. The van der Waals surface area contributed by atoms with Gasteiger partial charge in [-0.05, 0) is 18.2 Å². The minimum Gasteiger partial charge on any atom is -0.508 e. The summed E-state index contributed by atoms with van der Waals surface area (Å²) in [6, 6.07) is 5.12. The van der Waals surface area contributed by atoms with Crippen LogP contribution in [0.15, 0.2) is 18.2 Å². The zero-order valence-electron chi connectivity index (χ0n) is 8.19. The summed E-state index contributed by atoms with van der Waals surface area (Å²) in [6.07, 6.45) is 0. The number of phenolic OH excluding ortho intramolecular Hbond substituents is 1. The number of nitrogen functional groups attached to an aromatic ring is 1. The van der Waals surface area contributed by atoms with Crippen LogP contribution in [0.2, 0.25) is 0 Å². The molecule has 3 nitrogen and oxygen atoms in total. The number of anilines is 1. The summed E-state index contributed by atoms with van der Waals surface area (Å²) in [6.45, 7) is 0.730. The fourth-order valence-electron chi connectivity index (χ4n) is 1.05. The Morgan fingerprint density at radius 3 is 3.00 bits per heavy atom. The van der Waals surface area contributed by atoms with E-state index in [0.717, 1.165) is 23.7 Å². The number of thioether (sulfide) groups is 1. The highest BCUT2D eigenvalue weighted by Crippen LogP contribution is 2.24. The molecule has 0 radical (unpaired) electrons. The summed E-state index contributed by atoms with van der Waals surface area (Å²) in [5.41, 5.74) is 7.18. The van der Waals surface area contributed by atoms with E-state index >= 15 is 0 Å². The molecule has 1 aromatic carbocycles. The third-order valence-corrected chi connectivity index (χ3v) is 2.76. The highest BCUT2D eigenvalue weighted by Gasteiger charge is 2.01. The number of phenols is 1. The van der Waals surface area contributed by atoms with Gasteiger partial charge in [-0.2, -0.15) is 11.8 Å². The molecule has 0 saturated carbocycles. The third kappa shape index (κ3) is 3.47. The number of rotatable bonds is 5. The van der Waals surface area contributed by atoms with E-state index in [4.69, 9.17) is 10.5 Å². The molecule has 0 aliphatic carbocycles. The number of hydrogen-bond acceptors (Lipinski definition) is 4. The largest absolute Gasteiger partial charge is 0.508 e. The molecule has 78 valence electrons. The summed E-state index contributed by atoms with van der Waals surface area (Å²) < 4.78 is 4.93. The molecular weight excluding hydrogens is 198 g/mol. The van der Waals surface area contributed by atoms with Gasteiger partial charge in [0.15, 0.2) is 0 Å². The number of methoxy groups -OCH3 is 1. The van der Waals surface area contributed by atoms with E-state index in [0.29, 0.717) is 11.4 Å². The summed E-state index contributed by atoms with van der Waals surface area (Å²) in [4.78, 5) is 0. The molecule has 0 saturated heterocycles. The SMILES string of the molecule is COCCSCc1cc(N)ccc1O. The molecular formula is C10H15NO2S. The van der Waals surface area contributed by atoms with Gasteiger partial charge in [0.2, 0.25) is 0 Å². The Morgan fingerprint density at radius 1 is 1.50 bits per heavy atom. The first-order valence-corrected chi connectivity index (χ1v) is 5.53. The molecule has 14 heavy (non-hydrogen) atoms. The minimum atomic E-state index is 0.309. The van der Waals surface area contributed by atoms with E-state index in [1.165, 1.54) is 0 Å². The summed E-state index contributed by atoms with van der Waals surface area (Å²) in [5.74, 6) is 1.99. The Bertz CT molecular complexity index is 291. The van der Waals surface area contributed by atoms with Crippen molar-refractivity contribution in [1.29, 1.82) is 0 Å². The number of aromatic hydroxyl groups is 1. The maximum Gasteiger partial charge on any atom is 0.119 e. The Morgan fingerprint density at radius 2 is 2.29 bits per heavy atom. The number of hydrogen-bond donors (Lipinski definition) is 2. The van der Waals surface area contributed by atoms with Crippen LogP contribution in [-0.4, -0.2) is 24.6 Å². The first-order valence-electron chi connectivity index (χ1n) is 4.38. The fraction of sp³-hybridized carbons (Fsp3) is 0.400. The second-order valence-electron chi connectivity index (χ2n) is 2.93. The highest BCUT2D eigenvalue weighted by molar-refractivity contribution is 7.98. The number of benzene rings is 1. The third-order valence-electron chi connectivity index (χ3n) is 1.79. The molecule has 0 amide bonds. The second kappa shape index (κ2) is 5.78. The topological polar surface area (TPSA) is 55.5 Å². The lowest BCUT2D eigenvalue weighted by Crippen LogP contribution is -1.93. The van der Waals surface area contributed by atoms with Crippen molar-refractivity contribution in [2.75, 3.05) is 25.2 Å². The molecule has 0 aromatic heterocycles. The normalized spacial score (nSPS) is 10.4. The maximum absolute atomic E-state index is 9.49. The van der Waals surface area contributed by atoms with Crippen molar-refractivity contribution in [2.24, 2.45) is 0 Å². The van der Waals surface area contributed by atoms with Crippen LogP contribution >= 0.6 is 11.8 Å². The monoisotopic (exact) mass is 213 g/mol. The highest BCUT2D eigenvalue weighted by atomic mass is 32.2. The van der Waals surface area contributed by atoms with Gasteiger partial charge in [0.25, 0.3) is 0 Å². The van der Waals surface area contributed by atoms with E-state index in [2.05, 4.69) is 0 Å². The summed E-state index contributed by atoms with van der Waals surface area (Å²) >= 11 is 1.71. The van der Waals surface area contributed by atoms with Gasteiger partial charge in [-0.25, -0.2) is 0 Å². The predicted octanol–water partition coefficient (Wildman–Crippen LogP) is 1.85. The van der Waals surface area contributed by atoms with Crippen LogP contribution in [0, 0.1) is 0 Å². The first kappa shape index (κ1) is 11.2. The molecule has 4 heteroatoms. The van der Waals surface area contributed by atoms with Gasteiger partial charge in [0.05, 0.1) is 6.61 Å². The van der Waals surface area contributed by atoms with Crippen LogP contribution in [0.1, 0.15) is 5.56 Å². The predicted molar refractivity (Wildman–Crippen MR) is 60.6 cm³/mol. The lowest BCUT2D eigenvalue weighted by molar-refractivity contribution is 0.218. The Kier molecular flexibility index (Phi) is 4.62. The molecule has 0 spiro atoms. The number of nitrogens with two attached hydrogens (primary N) is 1. The van der Waals surface area contributed by atoms with Crippen LogP contribution in [-0.2, 0) is 10.5 Å². The van der Waals surface area contributed by atoms with E-state index in [-0.39, 0.29) is 0 Å². The lowest BCUT2D eigenvalue weighted by Gasteiger charge is -2.05. The van der Waals surface area contributed by atoms with E-state index in [9.17, 15) is 5.11 Å². The van der Waals surface area contributed by atoms with Gasteiger partial charge in [0.1, 0.15) is 5.75 Å².